The van der Waals surface area contributed by atoms with E-state index in [1.54, 1.807) is 30.3 Å². The highest BCUT2D eigenvalue weighted by molar-refractivity contribution is 6.39. The Bertz CT molecular complexity index is 975. The van der Waals surface area contributed by atoms with Crippen molar-refractivity contribution in [3.05, 3.63) is 64.7 Å². The van der Waals surface area contributed by atoms with Crippen LogP contribution in [0.5, 0.6) is 5.75 Å². The number of carbonyl (C=O) groups excluding carboxylic acids is 3. The molecule has 6 heteroatoms. The van der Waals surface area contributed by atoms with Crippen molar-refractivity contribution in [2.75, 3.05) is 4.90 Å². The lowest BCUT2D eigenvalue weighted by molar-refractivity contribution is -0.122. The summed E-state index contributed by atoms with van der Waals surface area (Å²) in [7, 11) is 0. The molecule has 3 rings (SSSR count). The molecule has 6 nitrogen and oxygen atoms in total. The highest BCUT2D eigenvalue weighted by atomic mass is 16.5. The molecule has 0 bridgehead atoms. The van der Waals surface area contributed by atoms with Gasteiger partial charge < -0.3 is 4.74 Å². The topological polar surface area (TPSA) is 75.7 Å². The average molecular weight is 378 g/mol. The molecule has 2 aromatic carbocycles. The van der Waals surface area contributed by atoms with Crippen molar-refractivity contribution < 1.29 is 19.1 Å². The van der Waals surface area contributed by atoms with Gasteiger partial charge >= 0.3 is 6.03 Å². The molecule has 0 unspecified atom stereocenters. The van der Waals surface area contributed by atoms with Crippen LogP contribution < -0.4 is 15.0 Å². The zero-order valence-electron chi connectivity index (χ0n) is 16.3. The van der Waals surface area contributed by atoms with Crippen molar-refractivity contribution in [1.82, 2.24) is 5.32 Å². The molecule has 28 heavy (non-hydrogen) atoms. The van der Waals surface area contributed by atoms with Crippen LogP contribution in [-0.2, 0) is 9.59 Å². The summed E-state index contributed by atoms with van der Waals surface area (Å²) in [5.41, 5.74) is 2.79. The fourth-order valence-electron chi connectivity index (χ4n) is 3.01. The third kappa shape index (κ3) is 3.96. The Balaban J connectivity index is 1.94. The third-order valence-electron chi connectivity index (χ3n) is 4.26. The summed E-state index contributed by atoms with van der Waals surface area (Å²) in [5, 5.41) is 2.24. The van der Waals surface area contributed by atoms with E-state index in [1.807, 2.05) is 39.8 Å². The Morgan fingerprint density at radius 2 is 1.68 bits per heavy atom. The second-order valence-corrected chi connectivity index (χ2v) is 6.98. The van der Waals surface area contributed by atoms with Crippen molar-refractivity contribution in [3.8, 4) is 5.75 Å². The molecular weight excluding hydrogens is 356 g/mol. The molecule has 1 saturated heterocycles. The lowest BCUT2D eigenvalue weighted by Gasteiger charge is -2.27. The lowest BCUT2D eigenvalue weighted by Crippen LogP contribution is -2.54. The molecular formula is C22H22N2O4. The molecule has 0 saturated carbocycles. The van der Waals surface area contributed by atoms with Gasteiger partial charge in [-0.15, -0.1) is 0 Å². The molecule has 144 valence electrons. The summed E-state index contributed by atoms with van der Waals surface area (Å²) in [6, 6.07) is 11.7. The van der Waals surface area contributed by atoms with E-state index in [-0.39, 0.29) is 11.7 Å². The summed E-state index contributed by atoms with van der Waals surface area (Å²) in [4.78, 5) is 38.6. The monoisotopic (exact) mass is 378 g/mol. The van der Waals surface area contributed by atoms with Gasteiger partial charge in [0.05, 0.1) is 11.8 Å². The third-order valence-corrected chi connectivity index (χ3v) is 4.26. The number of aryl methyl sites for hydroxylation is 2. The highest BCUT2D eigenvalue weighted by Gasteiger charge is 2.37. The van der Waals surface area contributed by atoms with Gasteiger partial charge in [0.15, 0.2) is 0 Å². The van der Waals surface area contributed by atoms with Gasteiger partial charge in [0, 0.05) is 0 Å². The molecule has 2 aromatic rings. The van der Waals surface area contributed by atoms with Gasteiger partial charge in [0.25, 0.3) is 11.8 Å². The molecule has 1 aliphatic heterocycles. The fourth-order valence-corrected chi connectivity index (χ4v) is 3.01. The molecule has 1 N–H and O–H groups in total. The minimum Gasteiger partial charge on any atom is -0.491 e. The lowest BCUT2D eigenvalue weighted by atomic mass is 10.0. The predicted molar refractivity (Wildman–Crippen MR) is 107 cm³/mol. The number of hydrogen-bond acceptors (Lipinski definition) is 4. The van der Waals surface area contributed by atoms with Crippen LogP contribution in [0.15, 0.2) is 48.0 Å². The molecule has 0 atom stereocenters. The largest absolute Gasteiger partial charge is 0.491 e. The van der Waals surface area contributed by atoms with E-state index < -0.39 is 17.8 Å². The van der Waals surface area contributed by atoms with E-state index in [4.69, 9.17) is 4.74 Å². The summed E-state index contributed by atoms with van der Waals surface area (Å²) in [5.74, 6) is -0.662. The Kier molecular flexibility index (Phi) is 5.31. The number of nitrogens with zero attached hydrogens (tertiary/aromatic N) is 1. The van der Waals surface area contributed by atoms with Crippen molar-refractivity contribution in [1.29, 1.82) is 0 Å². The van der Waals surface area contributed by atoms with Crippen molar-refractivity contribution in [3.63, 3.8) is 0 Å². The Hall–Kier alpha value is -3.41. The first-order chi connectivity index (χ1) is 13.3. The normalized spacial score (nSPS) is 16.0. The minimum absolute atomic E-state index is 0.0484. The van der Waals surface area contributed by atoms with Gasteiger partial charge in [-0.05, 0) is 63.1 Å². The second-order valence-electron chi connectivity index (χ2n) is 6.98. The maximum Gasteiger partial charge on any atom is 0.335 e. The summed E-state index contributed by atoms with van der Waals surface area (Å²) >= 11 is 0. The first-order valence-corrected chi connectivity index (χ1v) is 9.01. The number of amides is 4. The Labute approximate surface area is 163 Å². The summed E-state index contributed by atoms with van der Waals surface area (Å²) < 4.78 is 5.59. The zero-order chi connectivity index (χ0) is 20.4. The van der Waals surface area contributed by atoms with Crippen LogP contribution in [-0.4, -0.2) is 23.9 Å². The number of carbonyl (C=O) groups is 3. The Morgan fingerprint density at radius 1 is 1.00 bits per heavy atom. The number of urea groups is 1. The number of benzene rings is 2. The van der Waals surface area contributed by atoms with Crippen LogP contribution in [0.1, 0.15) is 30.5 Å². The van der Waals surface area contributed by atoms with Crippen LogP contribution in [0.4, 0.5) is 10.5 Å². The molecule has 0 radical (unpaired) electrons. The van der Waals surface area contributed by atoms with E-state index in [9.17, 15) is 14.4 Å². The molecule has 4 amide bonds. The highest BCUT2D eigenvalue weighted by Crippen LogP contribution is 2.26. The molecule has 1 aliphatic rings. The summed E-state index contributed by atoms with van der Waals surface area (Å²) in [6.45, 7) is 7.60. The van der Waals surface area contributed by atoms with E-state index in [0.717, 1.165) is 16.0 Å². The first-order valence-electron chi connectivity index (χ1n) is 9.01. The maximum absolute atomic E-state index is 13.0. The number of hydrogen-bond donors (Lipinski definition) is 1. The smallest absolute Gasteiger partial charge is 0.335 e. The predicted octanol–water partition coefficient (Wildman–Crippen LogP) is 3.76. The maximum atomic E-state index is 13.0. The number of barbiturate groups is 1. The number of nitrogens with one attached hydrogen (secondary N) is 1. The average Bonchev–Trinajstić information content (AvgIpc) is 2.61. The van der Waals surface area contributed by atoms with Crippen LogP contribution >= 0.6 is 0 Å². The molecule has 0 spiro atoms. The SMILES string of the molecule is Cc1ccc(N2C(=O)NC(=O)/C(=C\c3ccc(OC(C)C)cc3)C2=O)c(C)c1. The van der Waals surface area contributed by atoms with Gasteiger partial charge in [-0.25, -0.2) is 9.69 Å². The summed E-state index contributed by atoms with van der Waals surface area (Å²) in [6.07, 6.45) is 1.52. The van der Waals surface area contributed by atoms with Crippen LogP contribution in [0.3, 0.4) is 0 Å². The van der Waals surface area contributed by atoms with Gasteiger partial charge in [0.1, 0.15) is 11.3 Å². The van der Waals surface area contributed by atoms with Gasteiger partial charge in [0.2, 0.25) is 0 Å². The standard InChI is InChI=1S/C22H22N2O4/c1-13(2)28-17-8-6-16(7-9-17)12-18-20(25)23-22(27)24(21(18)26)19-10-5-14(3)11-15(19)4/h5-13H,1-4H3,(H,23,25,27)/b18-12+. The van der Waals surface area contributed by atoms with Crippen molar-refractivity contribution >= 4 is 29.6 Å². The van der Waals surface area contributed by atoms with Crippen LogP contribution in [0.25, 0.3) is 6.08 Å². The second kappa shape index (κ2) is 7.68. The van der Waals surface area contributed by atoms with E-state index >= 15 is 0 Å². The van der Waals surface area contributed by atoms with Gasteiger partial charge in [-0.2, -0.15) is 0 Å². The van der Waals surface area contributed by atoms with Gasteiger partial charge in [-0.1, -0.05) is 29.8 Å². The number of ether oxygens (including phenoxy) is 1. The van der Waals surface area contributed by atoms with E-state index in [1.165, 1.54) is 6.08 Å². The molecule has 0 aromatic heterocycles. The number of imide groups is 2. The van der Waals surface area contributed by atoms with Crippen molar-refractivity contribution in [2.24, 2.45) is 0 Å². The zero-order valence-corrected chi connectivity index (χ0v) is 16.3. The molecule has 1 fully saturated rings. The quantitative estimate of drug-likeness (QED) is 0.649. The van der Waals surface area contributed by atoms with E-state index in [2.05, 4.69) is 5.32 Å². The number of rotatable bonds is 4. The Morgan fingerprint density at radius 3 is 2.29 bits per heavy atom. The molecule has 1 heterocycles. The van der Waals surface area contributed by atoms with Gasteiger partial charge in [-0.3, -0.25) is 14.9 Å². The fraction of sp³-hybridized carbons (Fsp3) is 0.227. The minimum atomic E-state index is -0.750. The number of anilines is 1. The molecule has 0 aliphatic carbocycles. The van der Waals surface area contributed by atoms with Crippen molar-refractivity contribution in [2.45, 2.75) is 33.8 Å². The van der Waals surface area contributed by atoms with Crippen LogP contribution in [0.2, 0.25) is 0 Å². The van der Waals surface area contributed by atoms with Crippen LogP contribution in [0, 0.1) is 13.8 Å². The van der Waals surface area contributed by atoms with E-state index in [0.29, 0.717) is 17.0 Å². The first kappa shape index (κ1) is 19.4.